The van der Waals surface area contributed by atoms with Crippen molar-refractivity contribution < 1.29 is 62.0 Å². The average molecular weight is 1400 g/mol. The molecule has 0 aliphatic carbocycles. The number of Topliss-reactive ketones (excluding diaryl/α,β-unsaturated/α-hetero) is 1. The Labute approximate surface area is 561 Å². The normalized spacial score (nSPS) is 12.3. The van der Waals surface area contributed by atoms with Gasteiger partial charge in [-0.1, -0.05) is 211 Å². The van der Waals surface area contributed by atoms with Gasteiger partial charge in [0.1, 0.15) is 13.2 Å². The maximum absolute atomic E-state index is 13.0. The molecule has 2 N–H and O–H groups in total. The van der Waals surface area contributed by atoms with Crippen molar-refractivity contribution in [2.75, 3.05) is 37.4 Å². The van der Waals surface area contributed by atoms with Crippen LogP contribution in [0.3, 0.4) is 0 Å². The van der Waals surface area contributed by atoms with E-state index in [1.165, 1.54) is 116 Å². The number of thiol groups is 1. The first kappa shape index (κ1) is 86.1. The van der Waals surface area contributed by atoms with Crippen molar-refractivity contribution in [1.82, 2.24) is 10.6 Å². The Morgan fingerprint density at radius 2 is 0.756 bits per heavy atom. The van der Waals surface area contributed by atoms with Crippen LogP contribution in [0.2, 0.25) is 0 Å². The Balaban J connectivity index is 4.91. The molecule has 2 amide bonds. The van der Waals surface area contributed by atoms with Crippen LogP contribution in [-0.4, -0.2) is 97.0 Å². The Bertz CT molecular complexity index is 1930. The molecule has 0 aliphatic heterocycles. The van der Waals surface area contributed by atoms with Crippen molar-refractivity contribution in [3.63, 3.8) is 0 Å². The van der Waals surface area contributed by atoms with Crippen LogP contribution in [0.5, 0.6) is 0 Å². The molecule has 0 aromatic carbocycles. The van der Waals surface area contributed by atoms with Gasteiger partial charge in [0.25, 0.3) is 0 Å². The number of esters is 5. The molecule has 0 aliphatic rings. The smallest absolute Gasteiger partial charge is 0.344 e. The van der Waals surface area contributed by atoms with Gasteiger partial charge in [-0.2, -0.15) is 2.55 Å². The number of ketones is 1. The number of amides is 2. The van der Waals surface area contributed by atoms with Crippen molar-refractivity contribution in [3.05, 3.63) is 36.5 Å². The van der Waals surface area contributed by atoms with E-state index in [-0.39, 0.29) is 48.3 Å². The summed E-state index contributed by atoms with van der Waals surface area (Å²) in [6.45, 7) is 4.56. The number of allylic oxidation sites excluding steroid dienone is 6. The van der Waals surface area contributed by atoms with Gasteiger partial charge in [0.2, 0.25) is 11.8 Å². The third-order valence-electron chi connectivity index (χ3n) is 15.6. The number of halogens is 1. The molecule has 90 heavy (non-hydrogen) atoms. The Morgan fingerprint density at radius 1 is 0.389 bits per heavy atom. The number of rotatable bonds is 66. The van der Waals surface area contributed by atoms with Gasteiger partial charge in [-0.15, -0.1) is 0 Å². The van der Waals surface area contributed by atoms with E-state index >= 15 is 0 Å². The molecule has 0 bridgehead atoms. The van der Waals surface area contributed by atoms with Crippen LogP contribution in [0.25, 0.3) is 0 Å². The summed E-state index contributed by atoms with van der Waals surface area (Å²) >= 11 is 3.16. The zero-order valence-electron chi connectivity index (χ0n) is 56.7. The van der Waals surface area contributed by atoms with Crippen molar-refractivity contribution in [3.8, 4) is 0 Å². The fraction of sp³-hybridized carbons (Fsp3) is 0.806. The largest absolute Gasteiger partial charge is 0.462 e. The van der Waals surface area contributed by atoms with E-state index in [4.69, 9.17) is 23.7 Å². The molecule has 18 heteroatoms. The lowest BCUT2D eigenvalue weighted by Crippen LogP contribution is -2.41. The molecule has 520 valence electrons. The minimum absolute atomic E-state index is 0.0703. The molecular weight excluding hydrogens is 1270 g/mol. The number of nitrogens with zero attached hydrogens (tertiary/aromatic N) is 1. The molecule has 0 aromatic rings. The van der Waals surface area contributed by atoms with E-state index < -0.39 is 95.4 Å². The van der Waals surface area contributed by atoms with Gasteiger partial charge < -0.3 is 34.3 Å². The van der Waals surface area contributed by atoms with Crippen molar-refractivity contribution in [1.29, 1.82) is 0 Å². The Hall–Kier alpha value is -3.94. The zero-order valence-corrected chi connectivity index (χ0v) is 59.7. The fourth-order valence-corrected chi connectivity index (χ4v) is 11.4. The molecule has 0 rings (SSSR count). The zero-order chi connectivity index (χ0) is 65.9. The number of nitrogens with one attached hydrogen (secondary N) is 2. The fourth-order valence-electron chi connectivity index (χ4n) is 10.0. The van der Waals surface area contributed by atoms with E-state index in [0.29, 0.717) is 38.5 Å². The third-order valence-corrected chi connectivity index (χ3v) is 17.7. The second-order valence-corrected chi connectivity index (χ2v) is 27.0. The van der Waals surface area contributed by atoms with Crippen LogP contribution in [0.1, 0.15) is 323 Å². The van der Waals surface area contributed by atoms with Gasteiger partial charge in [-0.25, -0.2) is 9.59 Å². The number of carbonyl (C=O) groups excluding carboxylic acids is 8. The van der Waals surface area contributed by atoms with Gasteiger partial charge in [0, 0.05) is 53.3 Å². The summed E-state index contributed by atoms with van der Waals surface area (Å²) in [6.07, 6.45) is 58.6. The van der Waals surface area contributed by atoms with Crippen LogP contribution < -0.4 is 10.6 Å². The van der Waals surface area contributed by atoms with E-state index in [2.05, 4.69) is 83.2 Å². The quantitative estimate of drug-likeness (QED) is 0.00983. The molecule has 0 saturated carbocycles. The van der Waals surface area contributed by atoms with Crippen molar-refractivity contribution in [2.24, 2.45) is 2.55 Å². The summed E-state index contributed by atoms with van der Waals surface area (Å²) in [5.41, 5.74) is 0. The average Bonchev–Trinajstić information content (AvgIpc) is 3.75. The molecule has 2 atom stereocenters. The number of hydrogen-bond donors (Lipinski definition) is 3. The summed E-state index contributed by atoms with van der Waals surface area (Å²) < 4.78 is 30.4. The first-order valence-electron chi connectivity index (χ1n) is 35.7. The first-order valence-corrected chi connectivity index (χ1v) is 38.6. The van der Waals surface area contributed by atoms with Crippen LogP contribution >= 0.6 is 33.8 Å². The van der Waals surface area contributed by atoms with Crippen LogP contribution in [0.15, 0.2) is 39.0 Å². The summed E-state index contributed by atoms with van der Waals surface area (Å²) in [5, 5.41) is 5.71. The number of alkyl halides is 1. The predicted octanol–water partition coefficient (Wildman–Crippen LogP) is 18.3. The first-order chi connectivity index (χ1) is 43.9. The van der Waals surface area contributed by atoms with Gasteiger partial charge in [-0.05, 0) is 128 Å². The lowest BCUT2D eigenvalue weighted by Gasteiger charge is -2.18. The lowest BCUT2D eigenvalue weighted by atomic mass is 10.0. The molecule has 16 nitrogen and oxygen atoms in total. The van der Waals surface area contributed by atoms with Crippen LogP contribution in [0.4, 0.5) is 0 Å². The van der Waals surface area contributed by atoms with E-state index in [1.54, 1.807) is 0 Å². The Kier molecular flexibility index (Phi) is 65.0. The molecule has 0 fully saturated rings. The minimum atomic E-state index is -1.29. The number of carbonyl (C=O) groups is 8. The van der Waals surface area contributed by atoms with Gasteiger partial charge in [0.15, 0.2) is 25.1 Å². The number of unbranched alkanes of at least 4 members (excludes halogenated alkanes) is 34. The van der Waals surface area contributed by atoms with Gasteiger partial charge in [-0.3, -0.25) is 28.8 Å². The standard InChI is InChI=1S/C72H126IN3O13S/c1-4-7-10-13-16-19-22-25-28-31-34-37-40-43-46-52-67(79)75-64(65(77)58-73-76-90)51-49-50-57-74-66(78)55-56-70(82)85-59-63(89-72(84)62-88-69(81)54-48-45-42-39-36-33-30-27-24-21-18-15-12-9-6-3)60-86-71(83)61-87-68(80)53-47-44-41-38-35-32-29-26-23-20-17-14-11-8-5-2/h25-30,63-64,90H,4-24,31-62H2,1-3H3,(H,74,78)(H,75,79)/b28-25+,29-26+,30-27+. The summed E-state index contributed by atoms with van der Waals surface area (Å²) in [4.78, 5) is 102. The topological polar surface area (TPSA) is 219 Å². The summed E-state index contributed by atoms with van der Waals surface area (Å²) in [6, 6.07) is -0.635. The molecule has 0 spiro atoms. The van der Waals surface area contributed by atoms with Gasteiger partial charge in [0.05, 0.1) is 16.9 Å². The van der Waals surface area contributed by atoms with Crippen molar-refractivity contribution in [2.45, 2.75) is 335 Å². The van der Waals surface area contributed by atoms with Crippen molar-refractivity contribution >= 4 is 81.3 Å². The van der Waals surface area contributed by atoms with E-state index in [0.717, 1.165) is 122 Å². The monoisotopic (exact) mass is 1400 g/mol. The Morgan fingerprint density at radius 3 is 1.18 bits per heavy atom. The summed E-state index contributed by atoms with van der Waals surface area (Å²) in [7, 11) is 0. The second-order valence-electron chi connectivity index (χ2n) is 24.1. The molecule has 2 unspecified atom stereocenters. The van der Waals surface area contributed by atoms with Crippen LogP contribution in [0, 0.1) is 0 Å². The third kappa shape index (κ3) is 62.8. The maximum Gasteiger partial charge on any atom is 0.344 e. The molecule has 0 radical (unpaired) electrons. The SMILES string of the molecule is CCCCCCCC/C=C/CCCCCCCC(=O)NC(CCCCNC(=O)CCC(=O)OCC(COC(=O)COC(=O)CCCCCCC/C=C/CCCCCCCC)OC(=O)COC(=O)CCCCCCC/C=C/CCCCCCCC)C(=O)CI=NS. The highest BCUT2D eigenvalue weighted by atomic mass is 127. The molecule has 0 heterocycles. The molecule has 0 aromatic heterocycles. The van der Waals surface area contributed by atoms with Gasteiger partial charge >= 0.3 is 29.8 Å². The molecule has 0 saturated heterocycles. The highest BCUT2D eigenvalue weighted by molar-refractivity contribution is 14.2. The number of hydrogen-bond acceptors (Lipinski definition) is 15. The minimum Gasteiger partial charge on any atom is -0.462 e. The van der Waals surface area contributed by atoms with Crippen LogP contribution in [-0.2, 0) is 62.0 Å². The highest BCUT2D eigenvalue weighted by Crippen LogP contribution is 2.16. The van der Waals surface area contributed by atoms with E-state index in [9.17, 15) is 38.4 Å². The second kappa shape index (κ2) is 67.9. The maximum atomic E-state index is 13.0. The highest BCUT2D eigenvalue weighted by Gasteiger charge is 2.23. The predicted molar refractivity (Wildman–Crippen MR) is 375 cm³/mol. The van der Waals surface area contributed by atoms with E-state index in [1.807, 2.05) is 0 Å². The number of ether oxygens (including phenoxy) is 5. The summed E-state index contributed by atoms with van der Waals surface area (Å²) in [5.74, 6) is -4.33. The molecular formula is C72H126IN3O13S. The lowest BCUT2D eigenvalue weighted by molar-refractivity contribution is -0.174.